The van der Waals surface area contributed by atoms with E-state index in [1.165, 1.54) is 19.2 Å². The Bertz CT molecular complexity index is 1600. The number of aromatic nitrogens is 2. The van der Waals surface area contributed by atoms with Crippen molar-refractivity contribution in [2.45, 2.75) is 25.1 Å². The van der Waals surface area contributed by atoms with Crippen LogP contribution in [0.3, 0.4) is 0 Å². The van der Waals surface area contributed by atoms with Gasteiger partial charge in [-0.3, -0.25) is 14.9 Å². The molecule has 0 saturated carbocycles. The van der Waals surface area contributed by atoms with E-state index in [2.05, 4.69) is 30.7 Å². The van der Waals surface area contributed by atoms with E-state index in [0.717, 1.165) is 12.1 Å². The SMILES string of the molecule is COC(=O)Nc1ccc2c(c1)NC(=O)C/C=C\C[C@H](NC(=O)/C=C/c1c(C(F)(F)F)ccc(Cl)c1F)c1nc-2c(Cl)[nH]1. The Morgan fingerprint density at radius 2 is 1.93 bits per heavy atom. The minimum atomic E-state index is -4.89. The van der Waals surface area contributed by atoms with Crippen LogP contribution in [-0.4, -0.2) is 35.0 Å². The first kappa shape index (κ1) is 30.6. The molecule has 9 nitrogen and oxygen atoms in total. The van der Waals surface area contributed by atoms with Crippen molar-refractivity contribution in [2.24, 2.45) is 0 Å². The summed E-state index contributed by atoms with van der Waals surface area (Å²) in [5.41, 5.74) is -1.01. The summed E-state index contributed by atoms with van der Waals surface area (Å²) in [5.74, 6) is -2.39. The second kappa shape index (κ2) is 12.7. The molecular formula is C27H21Cl2F4N5O4. The standard InChI is InChI=1S/C27H21Cl2F4N5O4/c1-42-26(41)34-13-6-7-15-19(12-13)36-20(39)5-3-2-4-18(25-37-23(15)24(29)38-25)35-21(40)11-8-14-16(27(31,32)33)9-10-17(28)22(14)30/h2-3,6-12,18H,4-5H2,1H3,(H,34,41)(H,35,40)(H,36,39)(H,37,38)/b3-2-,11-8+/t18-/m0/s1. The van der Waals surface area contributed by atoms with Crippen molar-refractivity contribution in [2.75, 3.05) is 17.7 Å². The van der Waals surface area contributed by atoms with Gasteiger partial charge in [-0.1, -0.05) is 35.4 Å². The largest absolute Gasteiger partial charge is 0.453 e. The number of nitrogens with zero attached hydrogens (tertiary/aromatic N) is 1. The van der Waals surface area contributed by atoms with Gasteiger partial charge in [0.25, 0.3) is 0 Å². The summed E-state index contributed by atoms with van der Waals surface area (Å²) >= 11 is 12.1. The number of hydrogen-bond acceptors (Lipinski definition) is 5. The van der Waals surface area contributed by atoms with Gasteiger partial charge in [-0.2, -0.15) is 13.2 Å². The number of hydrogen-bond donors (Lipinski definition) is 4. The maximum Gasteiger partial charge on any atom is 0.417 e. The third-order valence-corrected chi connectivity index (χ3v) is 6.55. The lowest BCUT2D eigenvalue weighted by Gasteiger charge is -2.15. The van der Waals surface area contributed by atoms with Gasteiger partial charge in [0.1, 0.15) is 22.5 Å². The Kier molecular flexibility index (Phi) is 9.22. The van der Waals surface area contributed by atoms with E-state index in [1.807, 2.05) is 0 Å². The maximum absolute atomic E-state index is 14.4. The summed E-state index contributed by atoms with van der Waals surface area (Å²) in [7, 11) is 1.20. The molecule has 1 atom stereocenters. The molecule has 15 heteroatoms. The minimum Gasteiger partial charge on any atom is -0.453 e. The Morgan fingerprint density at radius 1 is 1.17 bits per heavy atom. The molecule has 0 unspecified atom stereocenters. The summed E-state index contributed by atoms with van der Waals surface area (Å²) in [4.78, 5) is 44.4. The number of carbonyl (C=O) groups is 3. The highest BCUT2D eigenvalue weighted by atomic mass is 35.5. The zero-order chi connectivity index (χ0) is 30.6. The topological polar surface area (TPSA) is 125 Å². The monoisotopic (exact) mass is 625 g/mol. The molecule has 0 spiro atoms. The molecule has 3 aromatic rings. The molecule has 2 aromatic carbocycles. The number of carbonyl (C=O) groups excluding carboxylic acids is 3. The highest BCUT2D eigenvalue weighted by Crippen LogP contribution is 2.37. The maximum atomic E-state index is 14.4. The zero-order valence-electron chi connectivity index (χ0n) is 21.5. The third-order valence-electron chi connectivity index (χ3n) is 5.99. The second-order valence-electron chi connectivity index (χ2n) is 8.84. The zero-order valence-corrected chi connectivity index (χ0v) is 23.0. The summed E-state index contributed by atoms with van der Waals surface area (Å²) in [6.45, 7) is 0. The van der Waals surface area contributed by atoms with Crippen molar-refractivity contribution >= 4 is 58.6 Å². The third kappa shape index (κ3) is 7.09. The molecule has 42 heavy (non-hydrogen) atoms. The fourth-order valence-electron chi connectivity index (χ4n) is 4.03. The van der Waals surface area contributed by atoms with Crippen molar-refractivity contribution in [1.82, 2.24) is 15.3 Å². The molecule has 1 aromatic heterocycles. The lowest BCUT2D eigenvalue weighted by atomic mass is 10.1. The Labute approximate surface area is 245 Å². The van der Waals surface area contributed by atoms with E-state index in [1.54, 1.807) is 18.2 Å². The van der Waals surface area contributed by atoms with Crippen LogP contribution in [-0.2, 0) is 20.5 Å². The van der Waals surface area contributed by atoms with Crippen LogP contribution in [0, 0.1) is 5.82 Å². The summed E-state index contributed by atoms with van der Waals surface area (Å²) in [5, 5.41) is 7.35. The average Bonchev–Trinajstić information content (AvgIpc) is 3.31. The number of alkyl halides is 3. The van der Waals surface area contributed by atoms with Crippen LogP contribution in [0.15, 0.2) is 48.6 Å². The number of nitrogens with one attached hydrogen (secondary N) is 4. The van der Waals surface area contributed by atoms with Gasteiger partial charge in [-0.25, -0.2) is 14.2 Å². The van der Waals surface area contributed by atoms with E-state index in [4.69, 9.17) is 23.2 Å². The number of imidazole rings is 1. The fourth-order valence-corrected chi connectivity index (χ4v) is 4.44. The number of ether oxygens (including phenoxy) is 1. The second-order valence-corrected chi connectivity index (χ2v) is 9.62. The van der Waals surface area contributed by atoms with E-state index in [9.17, 15) is 31.9 Å². The van der Waals surface area contributed by atoms with E-state index in [0.29, 0.717) is 23.4 Å². The summed E-state index contributed by atoms with van der Waals surface area (Å²) < 4.78 is 59.2. The molecule has 2 heterocycles. The number of rotatable bonds is 4. The first-order valence-electron chi connectivity index (χ1n) is 12.1. The quantitative estimate of drug-likeness (QED) is 0.143. The highest BCUT2D eigenvalue weighted by Gasteiger charge is 2.34. The highest BCUT2D eigenvalue weighted by molar-refractivity contribution is 6.32. The Balaban J connectivity index is 1.66. The van der Waals surface area contributed by atoms with Crippen LogP contribution in [0.1, 0.15) is 35.8 Å². The Hall–Kier alpha value is -4.36. The number of H-pyrrole nitrogens is 1. The van der Waals surface area contributed by atoms with Crippen LogP contribution in [0.25, 0.3) is 17.3 Å². The molecule has 0 radical (unpaired) electrons. The number of methoxy groups -OCH3 is 1. The van der Waals surface area contributed by atoms with E-state index in [-0.39, 0.29) is 35.2 Å². The molecule has 4 rings (SSSR count). The molecule has 220 valence electrons. The van der Waals surface area contributed by atoms with Gasteiger partial charge < -0.3 is 20.4 Å². The van der Waals surface area contributed by atoms with E-state index < -0.39 is 52.1 Å². The van der Waals surface area contributed by atoms with Gasteiger partial charge >= 0.3 is 12.3 Å². The van der Waals surface area contributed by atoms with Gasteiger partial charge in [0.2, 0.25) is 11.8 Å². The number of benzene rings is 2. The van der Waals surface area contributed by atoms with Crippen molar-refractivity contribution in [3.63, 3.8) is 0 Å². The van der Waals surface area contributed by atoms with Crippen molar-refractivity contribution in [1.29, 1.82) is 0 Å². The number of amides is 3. The van der Waals surface area contributed by atoms with Crippen LogP contribution >= 0.6 is 23.2 Å². The predicted molar refractivity (Wildman–Crippen MR) is 148 cm³/mol. The molecule has 3 amide bonds. The van der Waals surface area contributed by atoms with Gasteiger partial charge in [0.15, 0.2) is 0 Å². The number of halogens is 6. The Morgan fingerprint density at radius 3 is 2.64 bits per heavy atom. The van der Waals surface area contributed by atoms with Gasteiger partial charge in [0.05, 0.1) is 29.4 Å². The van der Waals surface area contributed by atoms with Crippen LogP contribution in [0.5, 0.6) is 0 Å². The molecule has 0 saturated heterocycles. The first-order valence-corrected chi connectivity index (χ1v) is 12.9. The van der Waals surface area contributed by atoms with Crippen LogP contribution in [0.2, 0.25) is 10.2 Å². The fraction of sp³-hybridized carbons (Fsp3) is 0.185. The average molecular weight is 626 g/mol. The predicted octanol–water partition coefficient (Wildman–Crippen LogP) is 6.88. The van der Waals surface area contributed by atoms with Gasteiger partial charge in [-0.05, 0) is 42.8 Å². The molecule has 0 aliphatic carbocycles. The van der Waals surface area contributed by atoms with Crippen LogP contribution < -0.4 is 16.0 Å². The number of fused-ring (bicyclic) bond motifs is 4. The summed E-state index contributed by atoms with van der Waals surface area (Å²) in [6.07, 6.45) is -0.970. The lowest BCUT2D eigenvalue weighted by molar-refractivity contribution is -0.138. The molecule has 0 fully saturated rings. The minimum absolute atomic E-state index is 0.0460. The lowest BCUT2D eigenvalue weighted by Crippen LogP contribution is -2.27. The van der Waals surface area contributed by atoms with Gasteiger partial charge in [0, 0.05) is 29.3 Å². The smallest absolute Gasteiger partial charge is 0.417 e. The first-order chi connectivity index (χ1) is 19.9. The molecule has 4 N–H and O–H groups in total. The number of anilines is 2. The van der Waals surface area contributed by atoms with Crippen molar-refractivity contribution in [3.05, 3.63) is 81.5 Å². The van der Waals surface area contributed by atoms with Crippen LogP contribution in [0.4, 0.5) is 33.7 Å². The van der Waals surface area contributed by atoms with E-state index >= 15 is 0 Å². The molecule has 2 bridgehead atoms. The normalized spacial score (nSPS) is 16.1. The molecular weight excluding hydrogens is 605 g/mol. The van der Waals surface area contributed by atoms with Crippen molar-refractivity contribution in [3.8, 4) is 11.3 Å². The summed E-state index contributed by atoms with van der Waals surface area (Å²) in [6, 6.07) is 5.10. The molecule has 1 aliphatic heterocycles. The number of aromatic amines is 1. The van der Waals surface area contributed by atoms with Crippen molar-refractivity contribution < 1.29 is 36.7 Å². The van der Waals surface area contributed by atoms with Gasteiger partial charge in [-0.15, -0.1) is 0 Å². The molecule has 1 aliphatic rings.